The topological polar surface area (TPSA) is 122 Å². The van der Waals surface area contributed by atoms with Crippen molar-refractivity contribution in [1.29, 1.82) is 0 Å². The lowest BCUT2D eigenvalue weighted by Crippen LogP contribution is -2.40. The number of rotatable bonds is 10. The molecule has 5 rings (SSSR count). The second-order valence-corrected chi connectivity index (χ2v) is 13.3. The third kappa shape index (κ3) is 7.30. The summed E-state index contributed by atoms with van der Waals surface area (Å²) in [5.41, 5.74) is 1.50. The third-order valence-electron chi connectivity index (χ3n) is 7.00. The number of hydrogen-bond donors (Lipinski definition) is 0. The highest BCUT2D eigenvalue weighted by Crippen LogP contribution is 2.38. The number of para-hydroxylation sites is 1. The summed E-state index contributed by atoms with van der Waals surface area (Å²) in [6.07, 6.45) is 1.37. The maximum absolute atomic E-state index is 14.1. The third-order valence-corrected chi connectivity index (χ3v) is 9.31. The van der Waals surface area contributed by atoms with Crippen molar-refractivity contribution in [2.45, 2.75) is 46.4 Å². The van der Waals surface area contributed by atoms with Crippen molar-refractivity contribution < 1.29 is 23.9 Å². The van der Waals surface area contributed by atoms with Crippen LogP contribution in [0, 0.1) is 10.1 Å². The molecule has 1 aliphatic heterocycles. The van der Waals surface area contributed by atoms with Gasteiger partial charge in [0, 0.05) is 11.6 Å². The zero-order valence-corrected chi connectivity index (χ0v) is 29.5. The van der Waals surface area contributed by atoms with E-state index in [9.17, 15) is 19.7 Å². The molecule has 1 aromatic heterocycles. The first-order chi connectivity index (χ1) is 22.4. The van der Waals surface area contributed by atoms with Gasteiger partial charge in [-0.05, 0) is 85.1 Å². The molecule has 1 atom stereocenters. The van der Waals surface area contributed by atoms with Crippen LogP contribution in [-0.2, 0) is 16.1 Å². The average Bonchev–Trinajstić information content (AvgIpc) is 3.31. The van der Waals surface area contributed by atoms with Crippen LogP contribution in [0.2, 0.25) is 10.0 Å². The van der Waals surface area contributed by atoms with Crippen LogP contribution < -0.4 is 24.4 Å². The lowest BCUT2D eigenvalue weighted by molar-refractivity contribution is -0.386. The number of benzene rings is 3. The van der Waals surface area contributed by atoms with Gasteiger partial charge < -0.3 is 14.2 Å². The summed E-state index contributed by atoms with van der Waals surface area (Å²) in [5.74, 6) is -0.0749. The Morgan fingerprint density at radius 1 is 1.17 bits per heavy atom. The van der Waals surface area contributed by atoms with Gasteiger partial charge in [-0.3, -0.25) is 19.5 Å². The van der Waals surface area contributed by atoms with Crippen molar-refractivity contribution in [3.63, 3.8) is 0 Å². The smallest absolute Gasteiger partial charge is 0.338 e. The van der Waals surface area contributed by atoms with Gasteiger partial charge in [-0.15, -0.1) is 0 Å². The number of halogens is 3. The number of nitrogens with zero attached hydrogens (tertiary/aromatic N) is 3. The minimum atomic E-state index is -0.888. The molecule has 0 amide bonds. The number of nitro benzene ring substituents is 1. The summed E-state index contributed by atoms with van der Waals surface area (Å²) in [7, 11) is 0. The van der Waals surface area contributed by atoms with Gasteiger partial charge in [-0.25, -0.2) is 9.79 Å². The van der Waals surface area contributed by atoms with Crippen LogP contribution in [0.1, 0.15) is 50.4 Å². The number of ether oxygens (including phenoxy) is 3. The fourth-order valence-electron chi connectivity index (χ4n) is 5.05. The van der Waals surface area contributed by atoms with Gasteiger partial charge in [0.25, 0.3) is 5.56 Å². The first-order valence-corrected chi connectivity index (χ1v) is 16.8. The minimum absolute atomic E-state index is 0.00156. The van der Waals surface area contributed by atoms with E-state index >= 15 is 0 Å². The number of aromatic nitrogens is 1. The van der Waals surface area contributed by atoms with Gasteiger partial charge in [0.15, 0.2) is 4.80 Å². The van der Waals surface area contributed by atoms with E-state index in [4.69, 9.17) is 37.4 Å². The first-order valence-electron chi connectivity index (χ1n) is 14.4. The van der Waals surface area contributed by atoms with E-state index in [1.54, 1.807) is 62.4 Å². The van der Waals surface area contributed by atoms with E-state index in [-0.39, 0.29) is 40.9 Å². The molecule has 0 aliphatic carbocycles. The lowest BCUT2D eigenvalue weighted by atomic mass is 9.95. The molecule has 14 heteroatoms. The molecule has 0 unspecified atom stereocenters. The highest BCUT2D eigenvalue weighted by atomic mass is 79.9. The number of carbonyl (C=O) groups is 1. The first kappa shape index (κ1) is 34.4. The van der Waals surface area contributed by atoms with Crippen LogP contribution in [0.25, 0.3) is 6.08 Å². The van der Waals surface area contributed by atoms with Crippen molar-refractivity contribution in [1.82, 2.24) is 4.57 Å². The van der Waals surface area contributed by atoms with E-state index in [2.05, 4.69) is 20.9 Å². The zero-order chi connectivity index (χ0) is 34.0. The van der Waals surface area contributed by atoms with Gasteiger partial charge in [0.1, 0.15) is 18.4 Å². The average molecular weight is 761 g/mol. The largest absolute Gasteiger partial charge is 0.491 e. The number of hydrogen-bond acceptors (Lipinski definition) is 9. The maximum atomic E-state index is 14.1. The number of fused-ring (bicyclic) bond motifs is 1. The second-order valence-electron chi connectivity index (χ2n) is 10.7. The molecular weight excluding hydrogens is 733 g/mol. The van der Waals surface area contributed by atoms with Gasteiger partial charge in [-0.1, -0.05) is 58.8 Å². The summed E-state index contributed by atoms with van der Waals surface area (Å²) in [5, 5.41) is 12.8. The molecule has 10 nitrogen and oxygen atoms in total. The van der Waals surface area contributed by atoms with Crippen LogP contribution in [-0.4, -0.2) is 28.2 Å². The fraction of sp³-hybridized carbons (Fsp3) is 0.242. The summed E-state index contributed by atoms with van der Waals surface area (Å²) in [4.78, 5) is 43.9. The van der Waals surface area contributed by atoms with Crippen molar-refractivity contribution >= 4 is 68.2 Å². The Morgan fingerprint density at radius 3 is 2.60 bits per heavy atom. The molecule has 244 valence electrons. The number of nitro groups is 1. The SMILES string of the molecule is CCOC(=O)C1=C(C)N=c2s/c(=C\c3cc(Br)c(OCc4ccc(Cl)c(Cl)c4)c([N+](=O)[O-])c3)c(=O)n2[C@H]1c1ccccc1OC(C)C. The van der Waals surface area contributed by atoms with E-state index in [1.165, 1.54) is 10.6 Å². The molecule has 0 N–H and O–H groups in total. The van der Waals surface area contributed by atoms with Crippen molar-refractivity contribution in [2.75, 3.05) is 6.61 Å². The van der Waals surface area contributed by atoms with Crippen LogP contribution in [0.5, 0.6) is 11.5 Å². The Balaban J connectivity index is 1.62. The molecule has 47 heavy (non-hydrogen) atoms. The monoisotopic (exact) mass is 759 g/mol. The van der Waals surface area contributed by atoms with Gasteiger partial charge in [-0.2, -0.15) is 0 Å². The predicted octanol–water partition coefficient (Wildman–Crippen LogP) is 7.14. The standard InChI is InChI=1S/C33H28BrCl2N3O7S/c1-5-44-32(41)28-18(4)37-33-38(29(28)21-8-6-7-9-26(21)46-17(2)3)31(40)27(47-33)15-20-12-22(34)30(25(14-20)39(42)43)45-16-19-10-11-23(35)24(36)13-19/h6-15,17,29H,5,16H2,1-4H3/b27-15-/t29-/m0/s1. The highest BCUT2D eigenvalue weighted by molar-refractivity contribution is 9.10. The second kappa shape index (κ2) is 14.4. The number of esters is 1. The normalized spacial score (nSPS) is 14.6. The maximum Gasteiger partial charge on any atom is 0.338 e. The van der Waals surface area contributed by atoms with Crippen LogP contribution in [0.4, 0.5) is 5.69 Å². The van der Waals surface area contributed by atoms with Gasteiger partial charge in [0.2, 0.25) is 5.75 Å². The molecular formula is C33H28BrCl2N3O7S. The molecule has 0 bridgehead atoms. The Morgan fingerprint density at radius 2 is 1.91 bits per heavy atom. The molecule has 0 radical (unpaired) electrons. The highest BCUT2D eigenvalue weighted by Gasteiger charge is 2.35. The zero-order valence-electron chi connectivity index (χ0n) is 25.6. The number of allylic oxidation sites excluding steroid dienone is 1. The molecule has 4 aromatic rings. The Hall–Kier alpha value is -3.97. The van der Waals surface area contributed by atoms with Crippen molar-refractivity contribution in [3.8, 4) is 11.5 Å². The number of thiazole rings is 1. The lowest BCUT2D eigenvalue weighted by Gasteiger charge is -2.26. The molecule has 0 saturated heterocycles. The summed E-state index contributed by atoms with van der Waals surface area (Å²) in [6.45, 7) is 7.30. The minimum Gasteiger partial charge on any atom is -0.491 e. The summed E-state index contributed by atoms with van der Waals surface area (Å²) < 4.78 is 19.3. The van der Waals surface area contributed by atoms with Gasteiger partial charge >= 0.3 is 11.7 Å². The van der Waals surface area contributed by atoms with Gasteiger partial charge in [0.05, 0.1) is 48.0 Å². The van der Waals surface area contributed by atoms with Crippen LogP contribution in [0.15, 0.2) is 80.1 Å². The predicted molar refractivity (Wildman–Crippen MR) is 184 cm³/mol. The fourth-order valence-corrected chi connectivity index (χ4v) is 7.00. The molecule has 0 spiro atoms. The summed E-state index contributed by atoms with van der Waals surface area (Å²) in [6, 6.07) is 14.2. The molecule has 2 heterocycles. The molecule has 1 aliphatic rings. The summed E-state index contributed by atoms with van der Waals surface area (Å²) >= 11 is 16.6. The van der Waals surface area contributed by atoms with Crippen molar-refractivity contribution in [2.24, 2.45) is 4.99 Å². The van der Waals surface area contributed by atoms with Crippen LogP contribution >= 0.6 is 50.5 Å². The van der Waals surface area contributed by atoms with E-state index in [0.29, 0.717) is 47.5 Å². The Kier molecular flexibility index (Phi) is 10.5. The van der Waals surface area contributed by atoms with E-state index in [0.717, 1.165) is 11.3 Å². The van der Waals surface area contributed by atoms with Crippen molar-refractivity contribution in [3.05, 3.63) is 127 Å². The van der Waals surface area contributed by atoms with Crippen LogP contribution in [0.3, 0.4) is 0 Å². The molecule has 0 saturated carbocycles. The number of carbonyl (C=O) groups excluding carboxylic acids is 1. The quantitative estimate of drug-likeness (QED) is 0.0957. The van der Waals surface area contributed by atoms with E-state index < -0.39 is 22.5 Å². The Labute approximate surface area is 291 Å². The molecule has 0 fully saturated rings. The van der Waals surface area contributed by atoms with E-state index in [1.807, 2.05) is 19.9 Å². The molecule has 3 aromatic carbocycles. The Bertz CT molecular complexity index is 2110.